The van der Waals surface area contributed by atoms with Crippen LogP contribution in [0.2, 0.25) is 0 Å². The first-order valence-electron chi connectivity index (χ1n) is 9.87. The van der Waals surface area contributed by atoms with Crippen LogP contribution < -0.4 is 0 Å². The molecule has 0 saturated carbocycles. The van der Waals surface area contributed by atoms with Gasteiger partial charge in [-0.05, 0) is 50.2 Å². The predicted octanol–water partition coefficient (Wildman–Crippen LogP) is 4.88. The number of fused-ring (bicyclic) bond motifs is 1. The zero-order valence-corrected chi connectivity index (χ0v) is 13.4. The van der Waals surface area contributed by atoms with Crippen LogP contribution in [-0.2, 0) is 6.50 Å². The van der Waals surface area contributed by atoms with Crippen molar-refractivity contribution in [2.75, 3.05) is 13.5 Å². The molecule has 0 amide bonds. The van der Waals surface area contributed by atoms with Crippen molar-refractivity contribution in [3.05, 3.63) is 60.2 Å². The van der Waals surface area contributed by atoms with Gasteiger partial charge in [0, 0.05) is 25.3 Å². The van der Waals surface area contributed by atoms with E-state index in [1.807, 2.05) is 51.1 Å². The molecule has 1 heteroatoms. The van der Waals surface area contributed by atoms with Gasteiger partial charge in [0.05, 0.1) is 0 Å². The van der Waals surface area contributed by atoms with Gasteiger partial charge in [0.1, 0.15) is 0 Å². The molecule has 22 heavy (non-hydrogen) atoms. The summed E-state index contributed by atoms with van der Waals surface area (Å²) in [6, 6.07) is 12.7. The highest BCUT2D eigenvalue weighted by Crippen LogP contribution is 2.19. The van der Waals surface area contributed by atoms with Crippen LogP contribution >= 0.6 is 0 Å². The summed E-state index contributed by atoms with van der Waals surface area (Å²) in [4.78, 5) is 0.886. The van der Waals surface area contributed by atoms with Crippen LogP contribution in [0, 0.1) is 17.3 Å². The number of likely N-dealkylation sites (N-methyl/N-ethyl adjacent to an activating group) is 1. The third-order valence-electron chi connectivity index (χ3n) is 2.98. The van der Waals surface area contributed by atoms with Crippen molar-refractivity contribution < 1.29 is 6.85 Å². The molecule has 114 valence electrons. The molecule has 0 heterocycles. The average Bonchev–Trinajstić information content (AvgIpc) is 2.55. The van der Waals surface area contributed by atoms with E-state index in [4.69, 9.17) is 6.85 Å². The number of nitrogens with zero attached hydrogens (tertiary/aromatic N) is 1. The van der Waals surface area contributed by atoms with Crippen LogP contribution in [0.25, 0.3) is 10.8 Å². The Kier molecular flexibility index (Phi) is 3.53. The van der Waals surface area contributed by atoms with Gasteiger partial charge in [-0.15, -0.1) is 0 Å². The Morgan fingerprint density at radius 2 is 1.95 bits per heavy atom. The summed E-state index contributed by atoms with van der Waals surface area (Å²) < 4.78 is 40.7. The maximum absolute atomic E-state index is 8.60. The summed E-state index contributed by atoms with van der Waals surface area (Å²) in [6.07, 6.45) is 3.18. The fraction of sp³-hybridized carbons (Fsp3) is 0.333. The molecular weight excluding hydrogens is 266 g/mol. The summed E-state index contributed by atoms with van der Waals surface area (Å²) in [5.74, 6) is 5.93. The lowest BCUT2D eigenvalue weighted by Crippen LogP contribution is -2.17. The largest absolute Gasteiger partial charge is 0.298 e. The van der Waals surface area contributed by atoms with Gasteiger partial charge >= 0.3 is 0 Å². The smallest absolute Gasteiger partial charge is 0.0481 e. The Morgan fingerprint density at radius 3 is 2.73 bits per heavy atom. The summed E-state index contributed by atoms with van der Waals surface area (Å²) in [7, 11) is 0. The Labute approximate surface area is 141 Å². The molecule has 0 saturated heterocycles. The van der Waals surface area contributed by atoms with E-state index in [0.717, 1.165) is 10.3 Å². The molecule has 0 fully saturated rings. The zero-order chi connectivity index (χ0) is 20.3. The van der Waals surface area contributed by atoms with Crippen molar-refractivity contribution >= 4 is 10.8 Å². The molecule has 0 aromatic heterocycles. The highest BCUT2D eigenvalue weighted by atomic mass is 15.1. The van der Waals surface area contributed by atoms with Crippen LogP contribution in [0.5, 0.6) is 0 Å². The van der Waals surface area contributed by atoms with E-state index in [2.05, 4.69) is 11.8 Å². The molecule has 0 unspecified atom stereocenters. The SMILES string of the molecule is [2H]C([2H])([2H])N(C/C=C/C#CC(C)(C)C)C([2H])([2H])c1cccc2ccccc12. The number of benzene rings is 2. The molecule has 2 aromatic rings. The van der Waals surface area contributed by atoms with Gasteiger partial charge in [-0.1, -0.05) is 60.4 Å². The lowest BCUT2D eigenvalue weighted by molar-refractivity contribution is 0.365. The molecule has 0 bridgehead atoms. The van der Waals surface area contributed by atoms with Gasteiger partial charge < -0.3 is 0 Å². The number of hydrogen-bond donors (Lipinski definition) is 0. The molecule has 0 aliphatic heterocycles. The molecule has 0 aliphatic rings. The van der Waals surface area contributed by atoms with Crippen molar-refractivity contribution in [1.29, 1.82) is 0 Å². The Balaban J connectivity index is 2.40. The van der Waals surface area contributed by atoms with E-state index in [1.54, 1.807) is 24.3 Å². The van der Waals surface area contributed by atoms with Crippen molar-refractivity contribution in [1.82, 2.24) is 4.90 Å². The topological polar surface area (TPSA) is 3.24 Å². The van der Waals surface area contributed by atoms with E-state index in [9.17, 15) is 0 Å². The fourth-order valence-electron chi connectivity index (χ4n) is 1.99. The Hall–Kier alpha value is -2.04. The second-order valence-corrected chi connectivity index (χ2v) is 6.17. The minimum Gasteiger partial charge on any atom is -0.298 e. The van der Waals surface area contributed by atoms with Crippen LogP contribution in [-0.4, -0.2) is 18.4 Å². The molecular formula is C21H25N. The van der Waals surface area contributed by atoms with Gasteiger partial charge in [-0.2, -0.15) is 0 Å². The Morgan fingerprint density at radius 1 is 1.18 bits per heavy atom. The summed E-state index contributed by atoms with van der Waals surface area (Å²) in [5.41, 5.74) is 0.192. The normalized spacial score (nSPS) is 16.5. The summed E-state index contributed by atoms with van der Waals surface area (Å²) in [6.45, 7) is 1.12. The van der Waals surface area contributed by atoms with E-state index in [-0.39, 0.29) is 12.0 Å². The van der Waals surface area contributed by atoms with E-state index in [1.165, 1.54) is 0 Å². The first-order chi connectivity index (χ1) is 12.4. The van der Waals surface area contributed by atoms with Gasteiger partial charge in [-0.3, -0.25) is 4.90 Å². The van der Waals surface area contributed by atoms with Crippen LogP contribution in [0.4, 0.5) is 0 Å². The minimum absolute atomic E-state index is 0.0778. The van der Waals surface area contributed by atoms with E-state index in [0.29, 0.717) is 10.9 Å². The third kappa shape index (κ3) is 5.06. The lowest BCUT2D eigenvalue weighted by Gasteiger charge is -2.15. The first kappa shape index (κ1) is 10.6. The number of rotatable bonds is 4. The monoisotopic (exact) mass is 296 g/mol. The number of allylic oxidation sites excluding steroid dienone is 1. The molecule has 0 spiro atoms. The van der Waals surface area contributed by atoms with Crippen molar-refractivity contribution in [3.8, 4) is 11.8 Å². The standard InChI is InChI=1S/C21H25N/c1-21(2,3)15-8-5-9-16-22(4)17-19-13-10-12-18-11-6-7-14-20(18)19/h5-7,9-14H,16-17H2,1-4H3/b9-5+/i4D3,17D2. The number of hydrogen-bond acceptors (Lipinski definition) is 1. The quantitative estimate of drug-likeness (QED) is 0.727. The molecule has 2 aromatic carbocycles. The van der Waals surface area contributed by atoms with Crippen LogP contribution in [0.15, 0.2) is 54.6 Å². The predicted molar refractivity (Wildman–Crippen MR) is 96.7 cm³/mol. The zero-order valence-electron chi connectivity index (χ0n) is 18.4. The van der Waals surface area contributed by atoms with E-state index < -0.39 is 13.5 Å². The maximum atomic E-state index is 8.60. The molecule has 1 nitrogen and oxygen atoms in total. The summed E-state index contributed by atoms with van der Waals surface area (Å²) >= 11 is 0. The van der Waals surface area contributed by atoms with Gasteiger partial charge in [0.25, 0.3) is 0 Å². The molecule has 0 radical (unpaired) electrons. The Bertz CT molecular complexity index is 874. The minimum atomic E-state index is -2.59. The van der Waals surface area contributed by atoms with Crippen LogP contribution in [0.1, 0.15) is 33.2 Å². The lowest BCUT2D eigenvalue weighted by atomic mass is 9.98. The van der Waals surface area contributed by atoms with Gasteiger partial charge in [-0.25, -0.2) is 0 Å². The average molecular weight is 296 g/mol. The second-order valence-electron chi connectivity index (χ2n) is 6.17. The van der Waals surface area contributed by atoms with Crippen LogP contribution in [0.3, 0.4) is 0 Å². The molecule has 0 atom stereocenters. The highest BCUT2D eigenvalue weighted by Gasteiger charge is 2.03. The second kappa shape index (κ2) is 7.29. The van der Waals surface area contributed by atoms with Crippen molar-refractivity contribution in [2.24, 2.45) is 5.41 Å². The maximum Gasteiger partial charge on any atom is 0.0481 e. The van der Waals surface area contributed by atoms with E-state index >= 15 is 0 Å². The van der Waals surface area contributed by atoms with Gasteiger partial charge in [0.2, 0.25) is 0 Å². The first-order valence-corrected chi connectivity index (χ1v) is 7.37. The summed E-state index contributed by atoms with van der Waals surface area (Å²) in [5, 5.41) is 1.58. The molecule has 0 aliphatic carbocycles. The van der Waals surface area contributed by atoms with Crippen molar-refractivity contribution in [3.63, 3.8) is 0 Å². The van der Waals surface area contributed by atoms with Crippen molar-refractivity contribution in [2.45, 2.75) is 27.3 Å². The van der Waals surface area contributed by atoms with Gasteiger partial charge in [0.15, 0.2) is 0 Å². The fourth-order valence-corrected chi connectivity index (χ4v) is 1.99. The molecule has 2 rings (SSSR count). The third-order valence-corrected chi connectivity index (χ3v) is 2.98. The molecule has 0 N–H and O–H groups in total. The highest BCUT2D eigenvalue weighted by molar-refractivity contribution is 5.85.